The molecule has 0 radical (unpaired) electrons. The Morgan fingerprint density at radius 3 is 1.60 bits per heavy atom. The van der Waals surface area contributed by atoms with E-state index in [1.807, 2.05) is 11.9 Å². The van der Waals surface area contributed by atoms with Gasteiger partial charge in [0.05, 0.1) is 0 Å². The molecule has 1 aliphatic carbocycles. The molecule has 1 amide bonds. The number of unbranched alkanes of at least 4 members (excludes halogenated alkanes) is 17. The Morgan fingerprint density at radius 1 is 0.650 bits per heavy atom. The first kappa shape index (κ1) is 32.8. The van der Waals surface area contributed by atoms with Crippen molar-refractivity contribution in [2.75, 3.05) is 13.6 Å². The molecule has 1 fully saturated rings. The molecule has 2 atom stereocenters. The lowest BCUT2D eigenvalue weighted by molar-refractivity contribution is -0.131. The zero-order valence-electron chi connectivity index (χ0n) is 25.8. The average molecular weight is 564 g/mol. The molecule has 0 aromatic heterocycles. The van der Waals surface area contributed by atoms with Crippen LogP contribution in [-0.2, 0) is 4.79 Å². The van der Waals surface area contributed by atoms with E-state index in [4.69, 9.17) is 0 Å². The molecule has 40 heavy (non-hydrogen) atoms. The molecule has 1 saturated carbocycles. The lowest BCUT2D eigenvalue weighted by Gasteiger charge is -2.17. The fraction of sp³-hybridized carbons (Fsp3) is 0.649. The summed E-state index contributed by atoms with van der Waals surface area (Å²) in [4.78, 5) is 17.4. The standard InChI is InChI=1S/C37H57NOS/c1-3-4-5-6-7-8-9-10-11-12-13-14-15-16-17-18-19-23-30-38(2)37(39)36-31-35(36)32-26-28-34(29-27-32)40-33-24-21-20-22-25-33/h20-22,24-29,35-36H,3-19,23,30-31H2,1-2H3. The monoisotopic (exact) mass is 563 g/mol. The topological polar surface area (TPSA) is 20.3 Å². The van der Waals surface area contributed by atoms with Crippen LogP contribution in [0, 0.1) is 5.92 Å². The molecule has 2 aromatic rings. The molecular formula is C37H57NOS. The summed E-state index contributed by atoms with van der Waals surface area (Å²) in [5.74, 6) is 0.943. The van der Waals surface area contributed by atoms with Gasteiger partial charge in [0.25, 0.3) is 0 Å². The van der Waals surface area contributed by atoms with E-state index in [0.29, 0.717) is 11.8 Å². The Balaban J connectivity index is 1.12. The van der Waals surface area contributed by atoms with Crippen LogP contribution in [0.15, 0.2) is 64.4 Å². The number of hydrogen-bond donors (Lipinski definition) is 0. The van der Waals surface area contributed by atoms with E-state index in [1.54, 1.807) is 11.8 Å². The van der Waals surface area contributed by atoms with Gasteiger partial charge in [0, 0.05) is 29.3 Å². The maximum absolute atomic E-state index is 12.9. The highest BCUT2D eigenvalue weighted by atomic mass is 32.2. The van der Waals surface area contributed by atoms with Crippen molar-refractivity contribution in [1.29, 1.82) is 0 Å². The normalized spacial score (nSPS) is 16.2. The van der Waals surface area contributed by atoms with Crippen molar-refractivity contribution >= 4 is 17.7 Å². The van der Waals surface area contributed by atoms with Crippen LogP contribution in [0.3, 0.4) is 0 Å². The Bertz CT molecular complexity index is 912. The van der Waals surface area contributed by atoms with Crippen LogP contribution in [0.5, 0.6) is 0 Å². The number of benzene rings is 2. The summed E-state index contributed by atoms with van der Waals surface area (Å²) in [5, 5.41) is 0. The first-order chi connectivity index (χ1) is 19.7. The lowest BCUT2D eigenvalue weighted by Crippen LogP contribution is -2.29. The van der Waals surface area contributed by atoms with Gasteiger partial charge in [-0.25, -0.2) is 0 Å². The Morgan fingerprint density at radius 2 is 1.10 bits per heavy atom. The predicted molar refractivity (Wildman–Crippen MR) is 174 cm³/mol. The van der Waals surface area contributed by atoms with Crippen LogP contribution in [0.1, 0.15) is 140 Å². The molecule has 0 heterocycles. The van der Waals surface area contributed by atoms with Crippen molar-refractivity contribution in [3.63, 3.8) is 0 Å². The van der Waals surface area contributed by atoms with Crippen LogP contribution in [-0.4, -0.2) is 24.4 Å². The van der Waals surface area contributed by atoms with Gasteiger partial charge in [-0.1, -0.05) is 158 Å². The lowest BCUT2D eigenvalue weighted by atomic mass is 10.0. The number of carbonyl (C=O) groups is 1. The Kier molecular flexibility index (Phi) is 16.5. The molecule has 0 bridgehead atoms. The van der Waals surface area contributed by atoms with E-state index < -0.39 is 0 Å². The summed E-state index contributed by atoms with van der Waals surface area (Å²) in [7, 11) is 2.00. The van der Waals surface area contributed by atoms with E-state index >= 15 is 0 Å². The highest BCUT2D eigenvalue weighted by Gasteiger charge is 2.44. The third kappa shape index (κ3) is 13.3. The zero-order valence-corrected chi connectivity index (χ0v) is 26.6. The largest absolute Gasteiger partial charge is 0.346 e. The Labute approximate surface area is 251 Å². The summed E-state index contributed by atoms with van der Waals surface area (Å²) >= 11 is 1.79. The zero-order chi connectivity index (χ0) is 28.3. The van der Waals surface area contributed by atoms with E-state index in [9.17, 15) is 4.79 Å². The van der Waals surface area contributed by atoms with Gasteiger partial charge in [0.15, 0.2) is 0 Å². The van der Waals surface area contributed by atoms with Crippen molar-refractivity contribution in [3.8, 4) is 0 Å². The van der Waals surface area contributed by atoms with Gasteiger partial charge in [-0.15, -0.1) is 0 Å². The molecule has 0 saturated heterocycles. The van der Waals surface area contributed by atoms with Gasteiger partial charge in [0.2, 0.25) is 5.91 Å². The molecule has 3 rings (SSSR count). The third-order valence-electron chi connectivity index (χ3n) is 8.62. The summed E-state index contributed by atoms with van der Waals surface area (Å²) in [6.45, 7) is 3.20. The fourth-order valence-electron chi connectivity index (χ4n) is 5.89. The van der Waals surface area contributed by atoms with Gasteiger partial charge < -0.3 is 4.90 Å². The molecular weight excluding hydrogens is 506 g/mol. The second-order valence-electron chi connectivity index (χ2n) is 12.2. The van der Waals surface area contributed by atoms with Gasteiger partial charge in [0.1, 0.15) is 0 Å². The first-order valence-corrected chi connectivity index (χ1v) is 17.6. The third-order valence-corrected chi connectivity index (χ3v) is 9.63. The van der Waals surface area contributed by atoms with Gasteiger partial charge in [-0.2, -0.15) is 0 Å². The maximum Gasteiger partial charge on any atom is 0.226 e. The highest BCUT2D eigenvalue weighted by molar-refractivity contribution is 7.99. The molecule has 0 spiro atoms. The summed E-state index contributed by atoms with van der Waals surface area (Å²) < 4.78 is 0. The van der Waals surface area contributed by atoms with Crippen LogP contribution in [0.2, 0.25) is 0 Å². The second kappa shape index (κ2) is 20.2. The molecule has 3 heteroatoms. The van der Waals surface area contributed by atoms with E-state index in [2.05, 4.69) is 61.5 Å². The van der Waals surface area contributed by atoms with Crippen LogP contribution in [0.4, 0.5) is 0 Å². The van der Waals surface area contributed by atoms with Gasteiger partial charge in [-0.3, -0.25) is 4.79 Å². The average Bonchev–Trinajstić information content (AvgIpc) is 3.78. The van der Waals surface area contributed by atoms with Crippen molar-refractivity contribution in [2.45, 2.75) is 145 Å². The quantitative estimate of drug-likeness (QED) is 0.125. The molecule has 0 aliphatic heterocycles. The minimum absolute atomic E-state index is 0.188. The van der Waals surface area contributed by atoms with Crippen molar-refractivity contribution < 1.29 is 4.79 Å². The second-order valence-corrected chi connectivity index (χ2v) is 13.3. The number of hydrogen-bond acceptors (Lipinski definition) is 2. The molecule has 222 valence electrons. The summed E-state index contributed by atoms with van der Waals surface area (Å²) in [6.07, 6.45) is 26.1. The first-order valence-electron chi connectivity index (χ1n) is 16.8. The summed E-state index contributed by atoms with van der Waals surface area (Å²) in [5.41, 5.74) is 1.32. The number of carbonyl (C=O) groups excluding carboxylic acids is 1. The summed E-state index contributed by atoms with van der Waals surface area (Å²) in [6, 6.07) is 19.3. The molecule has 2 unspecified atom stereocenters. The van der Waals surface area contributed by atoms with Crippen molar-refractivity contribution in [3.05, 3.63) is 60.2 Å². The molecule has 2 aromatic carbocycles. The molecule has 1 aliphatic rings. The minimum atomic E-state index is 0.188. The van der Waals surface area contributed by atoms with Crippen molar-refractivity contribution in [2.24, 2.45) is 5.92 Å². The fourth-order valence-corrected chi connectivity index (χ4v) is 6.73. The van der Waals surface area contributed by atoms with Crippen molar-refractivity contribution in [1.82, 2.24) is 4.90 Å². The van der Waals surface area contributed by atoms with Gasteiger partial charge in [-0.05, 0) is 48.6 Å². The number of amides is 1. The Hall–Kier alpha value is -1.74. The number of rotatable bonds is 23. The SMILES string of the molecule is CCCCCCCCCCCCCCCCCCCCN(C)C(=O)C1CC1c1ccc(Sc2ccccc2)cc1. The predicted octanol–water partition coefficient (Wildman–Crippen LogP) is 11.4. The number of nitrogens with zero attached hydrogens (tertiary/aromatic N) is 1. The van der Waals surface area contributed by atoms with Gasteiger partial charge >= 0.3 is 0 Å². The van der Waals surface area contributed by atoms with E-state index in [1.165, 1.54) is 125 Å². The van der Waals surface area contributed by atoms with Crippen LogP contribution < -0.4 is 0 Å². The molecule has 2 nitrogen and oxygen atoms in total. The minimum Gasteiger partial charge on any atom is -0.346 e. The molecule has 0 N–H and O–H groups in total. The van der Waals surface area contributed by atoms with E-state index in [0.717, 1.165) is 19.4 Å². The smallest absolute Gasteiger partial charge is 0.226 e. The highest BCUT2D eigenvalue weighted by Crippen LogP contribution is 2.48. The van der Waals surface area contributed by atoms with E-state index in [-0.39, 0.29) is 5.92 Å². The van der Waals surface area contributed by atoms with Crippen LogP contribution >= 0.6 is 11.8 Å². The van der Waals surface area contributed by atoms with Crippen LogP contribution in [0.25, 0.3) is 0 Å². The maximum atomic E-state index is 12.9.